The van der Waals surface area contributed by atoms with Gasteiger partial charge in [-0.15, -0.1) is 0 Å². The van der Waals surface area contributed by atoms with Crippen LogP contribution in [0.5, 0.6) is 5.75 Å². The van der Waals surface area contributed by atoms with Crippen LogP contribution in [0.3, 0.4) is 0 Å². The van der Waals surface area contributed by atoms with Gasteiger partial charge in [0.25, 0.3) is 0 Å². The van der Waals surface area contributed by atoms with Gasteiger partial charge in [0.15, 0.2) is 0 Å². The van der Waals surface area contributed by atoms with Crippen molar-refractivity contribution in [2.75, 3.05) is 19.0 Å². The Balaban J connectivity index is 2.85. The predicted molar refractivity (Wildman–Crippen MR) is 69.8 cm³/mol. The van der Waals surface area contributed by atoms with Gasteiger partial charge in [0.2, 0.25) is 0 Å². The lowest BCUT2D eigenvalue weighted by Gasteiger charge is -2.14. The standard InChI is InChI=1S/C13H20N2O2/c1-5-6-14-13(16)15-11-8-9(2)7-10(3)12(11)17-4/h7-8H,5-6H2,1-4H3,(H2,14,15,16). The molecule has 0 aliphatic heterocycles. The van der Waals surface area contributed by atoms with E-state index in [1.54, 1.807) is 7.11 Å². The third kappa shape index (κ3) is 3.66. The second kappa shape index (κ2) is 6.13. The van der Waals surface area contributed by atoms with E-state index in [4.69, 9.17) is 4.74 Å². The number of amides is 2. The Morgan fingerprint density at radius 2 is 2.06 bits per heavy atom. The number of methoxy groups -OCH3 is 1. The van der Waals surface area contributed by atoms with Gasteiger partial charge in [-0.2, -0.15) is 0 Å². The molecule has 0 spiro atoms. The van der Waals surface area contributed by atoms with Crippen molar-refractivity contribution >= 4 is 11.7 Å². The van der Waals surface area contributed by atoms with Crippen LogP contribution in [-0.4, -0.2) is 19.7 Å². The molecule has 0 radical (unpaired) electrons. The molecule has 0 bridgehead atoms. The average molecular weight is 236 g/mol. The first-order valence-electron chi connectivity index (χ1n) is 5.78. The number of urea groups is 1. The summed E-state index contributed by atoms with van der Waals surface area (Å²) in [5.74, 6) is 0.710. The number of ether oxygens (including phenoxy) is 1. The van der Waals surface area contributed by atoms with Gasteiger partial charge >= 0.3 is 6.03 Å². The molecule has 94 valence electrons. The molecule has 0 aromatic heterocycles. The van der Waals surface area contributed by atoms with E-state index in [0.29, 0.717) is 18.0 Å². The molecule has 1 aromatic rings. The van der Waals surface area contributed by atoms with E-state index in [0.717, 1.165) is 17.5 Å². The quantitative estimate of drug-likeness (QED) is 0.844. The van der Waals surface area contributed by atoms with Crippen molar-refractivity contribution in [3.63, 3.8) is 0 Å². The zero-order chi connectivity index (χ0) is 12.8. The Bertz CT molecular complexity index is 403. The van der Waals surface area contributed by atoms with Crippen molar-refractivity contribution in [3.05, 3.63) is 23.3 Å². The largest absolute Gasteiger partial charge is 0.494 e. The number of benzene rings is 1. The third-order valence-electron chi connectivity index (χ3n) is 2.41. The number of aryl methyl sites for hydroxylation is 2. The molecule has 0 aliphatic rings. The monoisotopic (exact) mass is 236 g/mol. The number of hydrogen-bond donors (Lipinski definition) is 2. The van der Waals surface area contributed by atoms with Crippen LogP contribution in [0.15, 0.2) is 12.1 Å². The van der Waals surface area contributed by atoms with E-state index in [1.165, 1.54) is 0 Å². The van der Waals surface area contributed by atoms with E-state index in [2.05, 4.69) is 10.6 Å². The first-order chi connectivity index (χ1) is 8.08. The predicted octanol–water partition coefficient (Wildman–Crippen LogP) is 2.84. The van der Waals surface area contributed by atoms with Crippen molar-refractivity contribution in [2.45, 2.75) is 27.2 Å². The molecule has 0 atom stereocenters. The van der Waals surface area contributed by atoms with Crippen LogP contribution < -0.4 is 15.4 Å². The van der Waals surface area contributed by atoms with E-state index >= 15 is 0 Å². The van der Waals surface area contributed by atoms with Gasteiger partial charge in [-0.1, -0.05) is 13.0 Å². The van der Waals surface area contributed by atoms with Gasteiger partial charge < -0.3 is 15.4 Å². The smallest absolute Gasteiger partial charge is 0.319 e. The van der Waals surface area contributed by atoms with Crippen LogP contribution in [-0.2, 0) is 0 Å². The second-order valence-corrected chi connectivity index (χ2v) is 4.04. The van der Waals surface area contributed by atoms with Crippen molar-refractivity contribution in [3.8, 4) is 5.75 Å². The fourth-order valence-corrected chi connectivity index (χ4v) is 1.72. The van der Waals surface area contributed by atoms with Crippen LogP contribution in [0.1, 0.15) is 24.5 Å². The molecule has 4 heteroatoms. The minimum Gasteiger partial charge on any atom is -0.494 e. The maximum atomic E-state index is 11.6. The lowest BCUT2D eigenvalue weighted by atomic mass is 10.1. The van der Waals surface area contributed by atoms with Crippen LogP contribution in [0.2, 0.25) is 0 Å². The van der Waals surface area contributed by atoms with E-state index in [-0.39, 0.29) is 6.03 Å². The Kier molecular flexibility index (Phi) is 4.82. The first kappa shape index (κ1) is 13.4. The Hall–Kier alpha value is -1.71. The topological polar surface area (TPSA) is 50.4 Å². The molecule has 0 fully saturated rings. The molecule has 17 heavy (non-hydrogen) atoms. The summed E-state index contributed by atoms with van der Waals surface area (Å²) in [5.41, 5.74) is 2.81. The highest BCUT2D eigenvalue weighted by Crippen LogP contribution is 2.29. The van der Waals surface area contributed by atoms with Gasteiger partial charge in [0.05, 0.1) is 12.8 Å². The van der Waals surface area contributed by atoms with Gasteiger partial charge in [-0.25, -0.2) is 4.79 Å². The lowest BCUT2D eigenvalue weighted by Crippen LogP contribution is -2.29. The molecular weight excluding hydrogens is 216 g/mol. The van der Waals surface area contributed by atoms with Crippen LogP contribution in [0.25, 0.3) is 0 Å². The highest BCUT2D eigenvalue weighted by Gasteiger charge is 2.10. The number of rotatable bonds is 4. The summed E-state index contributed by atoms with van der Waals surface area (Å²) in [6.45, 7) is 6.62. The molecule has 4 nitrogen and oxygen atoms in total. The van der Waals surface area contributed by atoms with Crippen molar-refractivity contribution in [1.29, 1.82) is 0 Å². The number of anilines is 1. The van der Waals surface area contributed by atoms with Gasteiger partial charge in [-0.3, -0.25) is 0 Å². The molecule has 0 saturated carbocycles. The minimum absolute atomic E-state index is 0.199. The maximum absolute atomic E-state index is 11.6. The first-order valence-corrected chi connectivity index (χ1v) is 5.78. The summed E-state index contributed by atoms with van der Waals surface area (Å²) in [7, 11) is 1.60. The second-order valence-electron chi connectivity index (χ2n) is 4.04. The van der Waals surface area contributed by atoms with Crippen molar-refractivity contribution in [2.24, 2.45) is 0 Å². The number of carbonyl (C=O) groups is 1. The fourth-order valence-electron chi connectivity index (χ4n) is 1.72. The summed E-state index contributed by atoms with van der Waals surface area (Å²) >= 11 is 0. The molecule has 0 aliphatic carbocycles. The Labute approximate surface area is 102 Å². The molecule has 1 rings (SSSR count). The van der Waals surface area contributed by atoms with Crippen molar-refractivity contribution < 1.29 is 9.53 Å². The molecule has 0 heterocycles. The molecule has 2 amide bonds. The summed E-state index contributed by atoms with van der Waals surface area (Å²) in [6.07, 6.45) is 0.914. The number of nitrogens with one attached hydrogen (secondary N) is 2. The third-order valence-corrected chi connectivity index (χ3v) is 2.41. The average Bonchev–Trinajstić information content (AvgIpc) is 2.25. The summed E-state index contributed by atoms with van der Waals surface area (Å²) in [4.78, 5) is 11.6. The molecule has 0 saturated heterocycles. The summed E-state index contributed by atoms with van der Waals surface area (Å²) < 4.78 is 5.29. The molecule has 2 N–H and O–H groups in total. The highest BCUT2D eigenvalue weighted by molar-refractivity contribution is 5.91. The Morgan fingerprint density at radius 1 is 1.35 bits per heavy atom. The van der Waals surface area contributed by atoms with Gasteiger partial charge in [-0.05, 0) is 37.5 Å². The van der Waals surface area contributed by atoms with E-state index in [1.807, 2.05) is 32.9 Å². The molecule has 0 unspecified atom stereocenters. The maximum Gasteiger partial charge on any atom is 0.319 e. The van der Waals surface area contributed by atoms with Gasteiger partial charge in [0.1, 0.15) is 5.75 Å². The minimum atomic E-state index is -0.199. The lowest BCUT2D eigenvalue weighted by molar-refractivity contribution is 0.252. The van der Waals surface area contributed by atoms with Crippen LogP contribution in [0, 0.1) is 13.8 Å². The normalized spacial score (nSPS) is 9.88. The van der Waals surface area contributed by atoms with E-state index in [9.17, 15) is 4.79 Å². The Morgan fingerprint density at radius 3 is 2.65 bits per heavy atom. The number of hydrogen-bond acceptors (Lipinski definition) is 2. The summed E-state index contributed by atoms with van der Waals surface area (Å²) in [5, 5.41) is 5.57. The zero-order valence-corrected chi connectivity index (χ0v) is 10.9. The van der Waals surface area contributed by atoms with Crippen molar-refractivity contribution in [1.82, 2.24) is 5.32 Å². The van der Waals surface area contributed by atoms with Crippen LogP contribution >= 0.6 is 0 Å². The number of carbonyl (C=O) groups excluding carboxylic acids is 1. The van der Waals surface area contributed by atoms with Crippen LogP contribution in [0.4, 0.5) is 10.5 Å². The fraction of sp³-hybridized carbons (Fsp3) is 0.462. The van der Waals surface area contributed by atoms with E-state index < -0.39 is 0 Å². The zero-order valence-electron chi connectivity index (χ0n) is 10.9. The van der Waals surface area contributed by atoms with Gasteiger partial charge in [0, 0.05) is 6.54 Å². The molecular formula is C13H20N2O2. The SMILES string of the molecule is CCCNC(=O)Nc1cc(C)cc(C)c1OC. The molecule has 1 aromatic carbocycles. The highest BCUT2D eigenvalue weighted by atomic mass is 16.5. The summed E-state index contributed by atoms with van der Waals surface area (Å²) in [6, 6.07) is 3.72.